The van der Waals surface area contributed by atoms with Crippen LogP contribution in [-0.4, -0.2) is 17.1 Å². The molecule has 0 unspecified atom stereocenters. The lowest BCUT2D eigenvalue weighted by Crippen LogP contribution is -2.42. The maximum absolute atomic E-state index is 11.4. The van der Waals surface area contributed by atoms with E-state index in [1.807, 2.05) is 6.92 Å². The summed E-state index contributed by atoms with van der Waals surface area (Å²) >= 11 is 0. The molecule has 3 rings (SSSR count). The first-order valence-electron chi connectivity index (χ1n) is 6.35. The van der Waals surface area contributed by atoms with Crippen LogP contribution >= 0.6 is 0 Å². The van der Waals surface area contributed by atoms with Gasteiger partial charge in [-0.3, -0.25) is 0 Å². The van der Waals surface area contributed by atoms with E-state index in [1.54, 1.807) is 0 Å². The van der Waals surface area contributed by atoms with Crippen molar-refractivity contribution in [3.05, 3.63) is 41.0 Å². The zero-order valence-corrected chi connectivity index (χ0v) is 10.6. The normalized spacial score (nSPS) is 28.4. The molecule has 3 nitrogen and oxygen atoms in total. The van der Waals surface area contributed by atoms with Gasteiger partial charge in [0.1, 0.15) is 6.04 Å². The van der Waals surface area contributed by atoms with Crippen molar-refractivity contribution in [2.24, 2.45) is 5.92 Å². The molecule has 2 N–H and O–H groups in total. The molecule has 0 fully saturated rings. The smallest absolute Gasteiger partial charge is 0.326 e. The van der Waals surface area contributed by atoms with Crippen molar-refractivity contribution in [2.75, 3.05) is 5.32 Å². The fourth-order valence-electron chi connectivity index (χ4n) is 3.32. The first kappa shape index (κ1) is 11.3. The van der Waals surface area contributed by atoms with Crippen molar-refractivity contribution in [3.8, 4) is 0 Å². The zero-order valence-electron chi connectivity index (χ0n) is 10.6. The van der Waals surface area contributed by atoms with Crippen molar-refractivity contribution in [2.45, 2.75) is 32.2 Å². The Morgan fingerprint density at radius 2 is 2.17 bits per heavy atom. The van der Waals surface area contributed by atoms with Crippen LogP contribution in [0.1, 0.15) is 29.0 Å². The second-order valence-electron chi connectivity index (χ2n) is 5.36. The van der Waals surface area contributed by atoms with Crippen LogP contribution in [0.4, 0.5) is 5.69 Å². The number of nitrogens with one attached hydrogen (secondary N) is 1. The van der Waals surface area contributed by atoms with E-state index in [1.165, 1.54) is 11.1 Å². The number of carboxylic acid groups (broad SMARTS) is 1. The van der Waals surface area contributed by atoms with Crippen molar-refractivity contribution in [3.63, 3.8) is 0 Å². The molecular formula is C15H17NO2. The van der Waals surface area contributed by atoms with Gasteiger partial charge in [0, 0.05) is 17.5 Å². The number of carboxylic acids is 1. The van der Waals surface area contributed by atoms with E-state index in [9.17, 15) is 9.90 Å². The molecule has 0 saturated carbocycles. The van der Waals surface area contributed by atoms with Crippen molar-refractivity contribution in [1.82, 2.24) is 0 Å². The molecule has 3 heteroatoms. The molecule has 0 spiro atoms. The summed E-state index contributed by atoms with van der Waals surface area (Å²) in [5.74, 6) is -0.350. The Morgan fingerprint density at radius 1 is 1.39 bits per heavy atom. The van der Waals surface area contributed by atoms with Crippen LogP contribution in [0.5, 0.6) is 0 Å². The molecule has 94 valence electrons. The summed E-state index contributed by atoms with van der Waals surface area (Å²) in [5, 5.41) is 12.6. The molecular weight excluding hydrogens is 226 g/mol. The van der Waals surface area contributed by atoms with E-state index >= 15 is 0 Å². The number of aryl methyl sites for hydroxylation is 2. The largest absolute Gasteiger partial charge is 0.480 e. The molecule has 1 heterocycles. The Morgan fingerprint density at radius 3 is 2.89 bits per heavy atom. The van der Waals surface area contributed by atoms with Gasteiger partial charge in [-0.05, 0) is 31.4 Å². The predicted octanol–water partition coefficient (Wildman–Crippen LogP) is 2.84. The van der Waals surface area contributed by atoms with Gasteiger partial charge < -0.3 is 10.4 Å². The summed E-state index contributed by atoms with van der Waals surface area (Å²) in [6.07, 6.45) is 5.12. The van der Waals surface area contributed by atoms with Gasteiger partial charge in [0.2, 0.25) is 0 Å². The predicted molar refractivity (Wildman–Crippen MR) is 71.0 cm³/mol. The highest BCUT2D eigenvalue weighted by Crippen LogP contribution is 2.45. The molecule has 0 radical (unpaired) electrons. The zero-order chi connectivity index (χ0) is 12.9. The van der Waals surface area contributed by atoms with Gasteiger partial charge in [-0.2, -0.15) is 0 Å². The summed E-state index contributed by atoms with van der Waals surface area (Å²) in [6.45, 7) is 4.13. The number of carbonyl (C=O) groups is 1. The first-order valence-corrected chi connectivity index (χ1v) is 6.35. The molecule has 0 aromatic heterocycles. The van der Waals surface area contributed by atoms with Crippen LogP contribution in [-0.2, 0) is 4.79 Å². The number of fused-ring (bicyclic) bond motifs is 3. The molecule has 2 aliphatic rings. The minimum absolute atomic E-state index is 0.149. The Balaban J connectivity index is 2.14. The maximum Gasteiger partial charge on any atom is 0.326 e. The van der Waals surface area contributed by atoms with Crippen molar-refractivity contribution >= 4 is 11.7 Å². The monoisotopic (exact) mass is 243 g/mol. The molecule has 3 atom stereocenters. The average Bonchev–Trinajstić information content (AvgIpc) is 2.76. The van der Waals surface area contributed by atoms with Gasteiger partial charge in [0.15, 0.2) is 0 Å². The van der Waals surface area contributed by atoms with Gasteiger partial charge in [-0.25, -0.2) is 4.79 Å². The third-order valence-electron chi connectivity index (χ3n) is 4.08. The number of rotatable bonds is 1. The number of benzene rings is 1. The minimum atomic E-state index is -0.751. The number of hydrogen-bond donors (Lipinski definition) is 2. The van der Waals surface area contributed by atoms with Gasteiger partial charge >= 0.3 is 5.97 Å². The Labute approximate surface area is 107 Å². The maximum atomic E-state index is 11.4. The third-order valence-corrected chi connectivity index (χ3v) is 4.08. The molecule has 0 bridgehead atoms. The van der Waals surface area contributed by atoms with Crippen LogP contribution in [0, 0.1) is 19.8 Å². The summed E-state index contributed by atoms with van der Waals surface area (Å²) in [4.78, 5) is 11.4. The molecule has 18 heavy (non-hydrogen) atoms. The Hall–Kier alpha value is -1.77. The molecule has 1 aliphatic carbocycles. The topological polar surface area (TPSA) is 49.3 Å². The fraction of sp³-hybridized carbons (Fsp3) is 0.400. The lowest BCUT2D eigenvalue weighted by atomic mass is 9.78. The van der Waals surface area contributed by atoms with Gasteiger partial charge in [-0.15, -0.1) is 0 Å². The van der Waals surface area contributed by atoms with Crippen LogP contribution < -0.4 is 5.32 Å². The van der Waals surface area contributed by atoms with Crippen LogP contribution in [0.3, 0.4) is 0 Å². The summed E-state index contributed by atoms with van der Waals surface area (Å²) in [6, 6.07) is 3.81. The fourth-order valence-corrected chi connectivity index (χ4v) is 3.32. The lowest BCUT2D eigenvalue weighted by Gasteiger charge is -2.35. The van der Waals surface area contributed by atoms with Crippen LogP contribution in [0.2, 0.25) is 0 Å². The highest BCUT2D eigenvalue weighted by atomic mass is 16.4. The van der Waals surface area contributed by atoms with E-state index in [-0.39, 0.29) is 11.8 Å². The molecule has 1 aliphatic heterocycles. The molecule has 0 amide bonds. The molecule has 1 aromatic carbocycles. The van der Waals surface area contributed by atoms with E-state index in [2.05, 4.69) is 36.5 Å². The molecule has 1 aromatic rings. The minimum Gasteiger partial charge on any atom is -0.480 e. The number of anilines is 1. The second-order valence-corrected chi connectivity index (χ2v) is 5.36. The standard InChI is InChI=1S/C15H17NO2/c1-8-6-9(2)13-12(7-8)10-4-3-5-11(10)14(16-13)15(17)18/h3-4,6-7,10-11,14,16H,5H2,1-2H3,(H,17,18)/t10-,11+,14+/m1/s1. The van der Waals surface area contributed by atoms with Crippen molar-refractivity contribution < 1.29 is 9.90 Å². The van der Waals surface area contributed by atoms with E-state index in [4.69, 9.17) is 0 Å². The number of hydrogen-bond acceptors (Lipinski definition) is 2. The quantitative estimate of drug-likeness (QED) is 0.746. The van der Waals surface area contributed by atoms with Gasteiger partial charge in [0.05, 0.1) is 0 Å². The van der Waals surface area contributed by atoms with Crippen molar-refractivity contribution in [1.29, 1.82) is 0 Å². The summed E-state index contributed by atoms with van der Waals surface area (Å²) < 4.78 is 0. The number of aliphatic carboxylic acids is 1. The first-order chi connectivity index (χ1) is 8.58. The van der Waals surface area contributed by atoms with Gasteiger partial charge in [0.25, 0.3) is 0 Å². The average molecular weight is 243 g/mol. The van der Waals surface area contributed by atoms with Crippen LogP contribution in [0.25, 0.3) is 0 Å². The highest BCUT2D eigenvalue weighted by Gasteiger charge is 2.41. The second kappa shape index (κ2) is 3.87. The van der Waals surface area contributed by atoms with Crippen LogP contribution in [0.15, 0.2) is 24.3 Å². The Bertz CT molecular complexity index is 548. The SMILES string of the molecule is Cc1cc(C)c2c(c1)[C@@H]1C=CC[C@@H]1[C@@H](C(=O)O)N2. The van der Waals surface area contributed by atoms with Gasteiger partial charge in [-0.1, -0.05) is 29.8 Å². The van der Waals surface area contributed by atoms with E-state index < -0.39 is 12.0 Å². The van der Waals surface area contributed by atoms with E-state index in [0.29, 0.717) is 0 Å². The van der Waals surface area contributed by atoms with E-state index in [0.717, 1.165) is 17.7 Å². The molecule has 0 saturated heterocycles. The third kappa shape index (κ3) is 1.54. The number of allylic oxidation sites excluding steroid dienone is 2. The Kier molecular flexibility index (Phi) is 2.44. The summed E-state index contributed by atoms with van der Waals surface area (Å²) in [7, 11) is 0. The highest BCUT2D eigenvalue weighted by molar-refractivity contribution is 5.81. The summed E-state index contributed by atoms with van der Waals surface area (Å²) in [5.41, 5.74) is 4.64. The lowest BCUT2D eigenvalue weighted by molar-refractivity contribution is -0.139.